The van der Waals surface area contributed by atoms with Crippen molar-refractivity contribution >= 4 is 0 Å². The molecule has 0 spiro atoms. The molecule has 0 radical (unpaired) electrons. The molecule has 0 bridgehead atoms. The van der Waals surface area contributed by atoms with Crippen molar-refractivity contribution in [3.8, 4) is 5.75 Å². The molecule has 0 aliphatic heterocycles. The predicted octanol–water partition coefficient (Wildman–Crippen LogP) is 2.41. The molecule has 3 unspecified atom stereocenters. The highest BCUT2D eigenvalue weighted by Crippen LogP contribution is 2.26. The lowest BCUT2D eigenvalue weighted by Gasteiger charge is -2.34. The number of nitrogens with one attached hydrogen (secondary N) is 1. The van der Waals surface area contributed by atoms with Gasteiger partial charge in [0.05, 0.1) is 7.11 Å². The lowest BCUT2D eigenvalue weighted by molar-refractivity contribution is 0.228. The van der Waals surface area contributed by atoms with Crippen molar-refractivity contribution in [1.29, 1.82) is 0 Å². The molecule has 2 rings (SSSR count). The summed E-state index contributed by atoms with van der Waals surface area (Å²) in [6.07, 6.45) is 5.16. The number of nitrogens with two attached hydrogens (primary N) is 1. The fraction of sp³-hybridized carbons (Fsp3) is 0.667. The van der Waals surface area contributed by atoms with Gasteiger partial charge in [-0.1, -0.05) is 25.0 Å². The van der Waals surface area contributed by atoms with Crippen LogP contribution in [-0.2, 0) is 0 Å². The summed E-state index contributed by atoms with van der Waals surface area (Å²) in [4.78, 5) is 2.27. The molecule has 0 heterocycles. The Labute approximate surface area is 135 Å². The highest BCUT2D eigenvalue weighted by molar-refractivity contribution is 5.30. The molecule has 1 fully saturated rings. The first-order valence-corrected chi connectivity index (χ1v) is 8.39. The third-order valence-corrected chi connectivity index (χ3v) is 4.89. The monoisotopic (exact) mass is 305 g/mol. The van der Waals surface area contributed by atoms with Gasteiger partial charge in [-0.3, -0.25) is 0 Å². The van der Waals surface area contributed by atoms with Crippen molar-refractivity contribution in [3.05, 3.63) is 29.8 Å². The first-order valence-electron chi connectivity index (χ1n) is 8.39. The normalized spacial score (nSPS) is 23.5. The summed E-state index contributed by atoms with van der Waals surface area (Å²) in [7, 11) is 5.98. The molecular weight excluding hydrogens is 274 g/mol. The largest absolute Gasteiger partial charge is 0.497 e. The van der Waals surface area contributed by atoms with E-state index in [1.165, 1.54) is 31.2 Å². The summed E-state index contributed by atoms with van der Waals surface area (Å²) in [5.74, 6) is 1.55. The zero-order valence-electron chi connectivity index (χ0n) is 14.2. The van der Waals surface area contributed by atoms with Gasteiger partial charge in [-0.15, -0.1) is 0 Å². The lowest BCUT2D eigenvalue weighted by Crippen LogP contribution is -2.45. The van der Waals surface area contributed by atoms with Crippen LogP contribution in [0.1, 0.15) is 37.3 Å². The Kier molecular flexibility index (Phi) is 6.68. The summed E-state index contributed by atoms with van der Waals surface area (Å²) in [5.41, 5.74) is 7.23. The molecule has 1 aromatic rings. The smallest absolute Gasteiger partial charge is 0.119 e. The Morgan fingerprint density at radius 2 is 2.09 bits per heavy atom. The molecule has 1 aromatic carbocycles. The van der Waals surface area contributed by atoms with E-state index in [-0.39, 0.29) is 0 Å². The van der Waals surface area contributed by atoms with Gasteiger partial charge in [-0.2, -0.15) is 0 Å². The van der Waals surface area contributed by atoms with Crippen molar-refractivity contribution in [2.24, 2.45) is 11.7 Å². The maximum absolute atomic E-state index is 5.94. The van der Waals surface area contributed by atoms with Crippen molar-refractivity contribution in [2.45, 2.75) is 37.8 Å². The van der Waals surface area contributed by atoms with E-state index in [0.29, 0.717) is 18.0 Å². The highest BCUT2D eigenvalue weighted by Gasteiger charge is 2.25. The van der Waals surface area contributed by atoms with E-state index in [2.05, 4.69) is 42.5 Å². The third kappa shape index (κ3) is 4.45. The maximum Gasteiger partial charge on any atom is 0.119 e. The molecule has 4 heteroatoms. The van der Waals surface area contributed by atoms with Gasteiger partial charge in [0.25, 0.3) is 0 Å². The molecular formula is C18H31N3O. The standard InChI is InChI=1S/C18H31N3O/c1-21(2)18(14-8-6-9-16(11-14)22-3)13-20-17-10-5-4-7-15(17)12-19/h6,8-9,11,15,17-18,20H,4-5,7,10,12-13,19H2,1-3H3. The lowest BCUT2D eigenvalue weighted by atomic mass is 9.84. The average molecular weight is 305 g/mol. The molecule has 0 amide bonds. The third-order valence-electron chi connectivity index (χ3n) is 4.89. The maximum atomic E-state index is 5.94. The van der Waals surface area contributed by atoms with Gasteiger partial charge in [0, 0.05) is 18.6 Å². The van der Waals surface area contributed by atoms with Crippen LogP contribution in [0.15, 0.2) is 24.3 Å². The number of likely N-dealkylation sites (N-methyl/N-ethyl adjacent to an activating group) is 1. The van der Waals surface area contributed by atoms with Crippen LogP contribution in [0.2, 0.25) is 0 Å². The van der Waals surface area contributed by atoms with Crippen LogP contribution in [0.25, 0.3) is 0 Å². The Bertz CT molecular complexity index is 450. The predicted molar refractivity (Wildman–Crippen MR) is 92.2 cm³/mol. The second kappa shape index (κ2) is 8.51. The molecule has 3 atom stereocenters. The van der Waals surface area contributed by atoms with Crippen LogP contribution in [0.3, 0.4) is 0 Å². The Morgan fingerprint density at radius 3 is 2.77 bits per heavy atom. The van der Waals surface area contributed by atoms with Crippen molar-refractivity contribution in [1.82, 2.24) is 10.2 Å². The molecule has 0 saturated heterocycles. The summed E-state index contributed by atoms with van der Waals surface area (Å²) >= 11 is 0. The highest BCUT2D eigenvalue weighted by atomic mass is 16.5. The van der Waals surface area contributed by atoms with Crippen LogP contribution in [0, 0.1) is 5.92 Å². The van der Waals surface area contributed by atoms with E-state index < -0.39 is 0 Å². The number of hydrogen-bond donors (Lipinski definition) is 2. The number of ether oxygens (including phenoxy) is 1. The summed E-state index contributed by atoms with van der Waals surface area (Å²) in [6.45, 7) is 1.74. The van der Waals surface area contributed by atoms with E-state index >= 15 is 0 Å². The number of nitrogens with zero attached hydrogens (tertiary/aromatic N) is 1. The van der Waals surface area contributed by atoms with Gasteiger partial charge in [0.15, 0.2) is 0 Å². The summed E-state index contributed by atoms with van der Waals surface area (Å²) in [5, 5.41) is 3.78. The Hall–Kier alpha value is -1.10. The van der Waals surface area contributed by atoms with Gasteiger partial charge < -0.3 is 20.7 Å². The van der Waals surface area contributed by atoms with Crippen molar-refractivity contribution < 1.29 is 4.74 Å². The van der Waals surface area contributed by atoms with E-state index in [4.69, 9.17) is 10.5 Å². The molecule has 1 aliphatic carbocycles. The van der Waals surface area contributed by atoms with E-state index in [1.54, 1.807) is 7.11 Å². The number of hydrogen-bond acceptors (Lipinski definition) is 4. The molecule has 3 N–H and O–H groups in total. The topological polar surface area (TPSA) is 50.5 Å². The summed E-state index contributed by atoms with van der Waals surface area (Å²) < 4.78 is 5.36. The Morgan fingerprint density at radius 1 is 1.32 bits per heavy atom. The van der Waals surface area contributed by atoms with Gasteiger partial charge in [0.1, 0.15) is 5.75 Å². The van der Waals surface area contributed by atoms with E-state index in [0.717, 1.165) is 18.8 Å². The zero-order valence-corrected chi connectivity index (χ0v) is 14.2. The van der Waals surface area contributed by atoms with Crippen molar-refractivity contribution in [2.75, 3.05) is 34.3 Å². The number of rotatable bonds is 7. The van der Waals surface area contributed by atoms with Crippen LogP contribution < -0.4 is 15.8 Å². The number of benzene rings is 1. The minimum atomic E-state index is 0.343. The van der Waals surface area contributed by atoms with Gasteiger partial charge in [-0.25, -0.2) is 0 Å². The Balaban J connectivity index is 2.02. The van der Waals surface area contributed by atoms with Crippen LogP contribution in [-0.4, -0.2) is 45.2 Å². The minimum Gasteiger partial charge on any atom is -0.497 e. The molecule has 22 heavy (non-hydrogen) atoms. The second-order valence-electron chi connectivity index (χ2n) is 6.55. The SMILES string of the molecule is COc1cccc(C(CNC2CCCCC2CN)N(C)C)c1. The zero-order chi connectivity index (χ0) is 15.9. The second-order valence-corrected chi connectivity index (χ2v) is 6.55. The van der Waals surface area contributed by atoms with Crippen LogP contribution in [0.4, 0.5) is 0 Å². The first kappa shape index (κ1) is 17.3. The quantitative estimate of drug-likeness (QED) is 0.812. The fourth-order valence-corrected chi connectivity index (χ4v) is 3.47. The van der Waals surface area contributed by atoms with Crippen molar-refractivity contribution in [3.63, 3.8) is 0 Å². The molecule has 124 valence electrons. The first-order chi connectivity index (χ1) is 10.7. The van der Waals surface area contributed by atoms with Crippen LogP contribution in [0.5, 0.6) is 5.75 Å². The fourth-order valence-electron chi connectivity index (χ4n) is 3.47. The molecule has 1 aliphatic rings. The molecule has 0 aromatic heterocycles. The minimum absolute atomic E-state index is 0.343. The van der Waals surface area contributed by atoms with Gasteiger partial charge in [-0.05, 0) is 57.1 Å². The average Bonchev–Trinajstić information content (AvgIpc) is 2.55. The van der Waals surface area contributed by atoms with Crippen LogP contribution >= 0.6 is 0 Å². The number of methoxy groups -OCH3 is 1. The van der Waals surface area contributed by atoms with Gasteiger partial charge >= 0.3 is 0 Å². The molecule has 4 nitrogen and oxygen atoms in total. The molecule has 1 saturated carbocycles. The van der Waals surface area contributed by atoms with Gasteiger partial charge in [0.2, 0.25) is 0 Å². The van der Waals surface area contributed by atoms with E-state index in [1.807, 2.05) is 6.07 Å². The van der Waals surface area contributed by atoms with E-state index in [9.17, 15) is 0 Å². The summed E-state index contributed by atoms with van der Waals surface area (Å²) in [6, 6.07) is 9.27.